The molecule has 0 radical (unpaired) electrons. The molecular weight excluding hydrogens is 326 g/mol. The molecule has 7 nitrogen and oxygen atoms in total. The minimum atomic E-state index is -0.669. The summed E-state index contributed by atoms with van der Waals surface area (Å²) in [6, 6.07) is 2.43. The minimum absolute atomic E-state index is 0.0865. The highest BCUT2D eigenvalue weighted by Gasteiger charge is 2.35. The third kappa shape index (κ3) is 4.63. The van der Waals surface area contributed by atoms with E-state index in [-0.39, 0.29) is 66.1 Å². The quantitative estimate of drug-likeness (QED) is 0.720. The molecule has 1 unspecified atom stereocenters. The Morgan fingerprint density at radius 1 is 1.40 bits per heavy atom. The van der Waals surface area contributed by atoms with Gasteiger partial charge in [-0.25, -0.2) is 0 Å². The number of hydrogen-bond acceptors (Lipinski definition) is 6. The van der Waals surface area contributed by atoms with Crippen LogP contribution >= 0.6 is 0 Å². The van der Waals surface area contributed by atoms with E-state index in [9.17, 15) is 19.8 Å². The van der Waals surface area contributed by atoms with Crippen molar-refractivity contribution in [2.45, 2.75) is 45.8 Å². The molecule has 3 N–H and O–H groups in total. The van der Waals surface area contributed by atoms with E-state index in [0.29, 0.717) is 0 Å². The minimum Gasteiger partial charge on any atom is -0.507 e. The zero-order valence-corrected chi connectivity index (χ0v) is 15.0. The van der Waals surface area contributed by atoms with Gasteiger partial charge in [0.2, 0.25) is 0 Å². The molecule has 1 aliphatic heterocycles. The van der Waals surface area contributed by atoms with Crippen molar-refractivity contribution in [3.63, 3.8) is 0 Å². The zero-order chi connectivity index (χ0) is 18.8. The van der Waals surface area contributed by atoms with Crippen LogP contribution in [0.2, 0.25) is 0 Å². The number of aromatic hydroxyl groups is 1. The number of fused-ring (bicyclic) bond motifs is 1. The first kappa shape index (κ1) is 19.1. The molecule has 138 valence electrons. The number of hydrogen-bond donors (Lipinski definition) is 3. The van der Waals surface area contributed by atoms with E-state index in [1.807, 2.05) is 13.8 Å². The summed E-state index contributed by atoms with van der Waals surface area (Å²) in [7, 11) is 0. The molecule has 0 spiro atoms. The number of rotatable bonds is 6. The Kier molecular flexibility index (Phi) is 5.57. The summed E-state index contributed by atoms with van der Waals surface area (Å²) < 4.78 is 11.1. The maximum atomic E-state index is 12.1. The molecule has 1 atom stereocenters. The number of aliphatic hydroxyl groups excluding tert-OH is 1. The number of nitrogens with one attached hydrogen (secondary N) is 1. The second-order valence-corrected chi connectivity index (χ2v) is 7.17. The molecular formula is C18H25NO6. The van der Waals surface area contributed by atoms with E-state index < -0.39 is 5.60 Å². The number of aliphatic hydroxyl groups is 1. The second kappa shape index (κ2) is 7.31. The van der Waals surface area contributed by atoms with Gasteiger partial charge in [0.1, 0.15) is 28.4 Å². The Bertz CT molecular complexity index is 668. The van der Waals surface area contributed by atoms with Gasteiger partial charge < -0.3 is 25.0 Å². The lowest BCUT2D eigenvalue weighted by Crippen LogP contribution is -2.43. The van der Waals surface area contributed by atoms with Crippen molar-refractivity contribution in [2.24, 2.45) is 5.92 Å². The average Bonchev–Trinajstić information content (AvgIpc) is 2.48. The molecule has 0 aromatic heterocycles. The van der Waals surface area contributed by atoms with E-state index in [4.69, 9.17) is 9.47 Å². The first-order valence-electron chi connectivity index (χ1n) is 8.25. The average molecular weight is 351 g/mol. The number of phenolic OH excluding ortho intramolecular Hbond substituents is 1. The van der Waals surface area contributed by atoms with Crippen LogP contribution < -0.4 is 14.8 Å². The summed E-state index contributed by atoms with van der Waals surface area (Å²) in [5.74, 6) is -0.265. The molecule has 1 aromatic carbocycles. The Morgan fingerprint density at radius 3 is 2.68 bits per heavy atom. The van der Waals surface area contributed by atoms with Crippen molar-refractivity contribution >= 4 is 11.7 Å². The normalized spacial score (nSPS) is 16.8. The van der Waals surface area contributed by atoms with Gasteiger partial charge in [-0.05, 0) is 19.8 Å². The van der Waals surface area contributed by atoms with Crippen molar-refractivity contribution in [1.82, 2.24) is 5.32 Å². The van der Waals surface area contributed by atoms with Crippen LogP contribution in [0.5, 0.6) is 17.2 Å². The number of Topliss-reactive ketones (excluding diaryl/α,β-unsaturated/α-hetero) is 1. The Balaban J connectivity index is 2.08. The molecule has 1 aliphatic rings. The molecule has 7 heteroatoms. The Morgan fingerprint density at radius 2 is 2.08 bits per heavy atom. The van der Waals surface area contributed by atoms with Crippen molar-refractivity contribution in [3.05, 3.63) is 17.7 Å². The molecule has 2 rings (SSSR count). The van der Waals surface area contributed by atoms with Crippen molar-refractivity contribution in [2.75, 3.05) is 13.2 Å². The fourth-order valence-electron chi connectivity index (χ4n) is 2.65. The monoisotopic (exact) mass is 351 g/mol. The smallest absolute Gasteiger partial charge is 0.258 e. The van der Waals surface area contributed by atoms with Gasteiger partial charge in [0.05, 0.1) is 19.1 Å². The summed E-state index contributed by atoms with van der Waals surface area (Å²) in [5, 5.41) is 22.0. The molecule has 0 aliphatic carbocycles. The van der Waals surface area contributed by atoms with E-state index in [1.165, 1.54) is 12.1 Å². The summed E-state index contributed by atoms with van der Waals surface area (Å²) in [6.45, 7) is 6.91. The van der Waals surface area contributed by atoms with Gasteiger partial charge in [-0.2, -0.15) is 0 Å². The largest absolute Gasteiger partial charge is 0.507 e. The van der Waals surface area contributed by atoms with Crippen LogP contribution in [0, 0.1) is 5.92 Å². The first-order valence-corrected chi connectivity index (χ1v) is 8.25. The van der Waals surface area contributed by atoms with Crippen molar-refractivity contribution < 1.29 is 29.3 Å². The Hall–Kier alpha value is -2.28. The van der Waals surface area contributed by atoms with Crippen LogP contribution in [0.25, 0.3) is 0 Å². The molecule has 0 saturated heterocycles. The lowest BCUT2D eigenvalue weighted by Gasteiger charge is -2.32. The zero-order valence-electron chi connectivity index (χ0n) is 15.0. The molecule has 0 saturated carbocycles. The number of benzene rings is 1. The van der Waals surface area contributed by atoms with Crippen molar-refractivity contribution in [3.8, 4) is 17.2 Å². The Labute approximate surface area is 146 Å². The van der Waals surface area contributed by atoms with Crippen LogP contribution in [0.1, 0.15) is 44.5 Å². The number of amides is 1. The number of phenols is 1. The van der Waals surface area contributed by atoms with Crippen LogP contribution in [0.4, 0.5) is 0 Å². The van der Waals surface area contributed by atoms with Gasteiger partial charge in [0.15, 0.2) is 12.4 Å². The number of carbonyl (C=O) groups is 2. The summed E-state index contributed by atoms with van der Waals surface area (Å²) in [6.07, 6.45) is 0.175. The predicted octanol–water partition coefficient (Wildman–Crippen LogP) is 1.65. The maximum absolute atomic E-state index is 12.1. The predicted molar refractivity (Wildman–Crippen MR) is 91.1 cm³/mol. The molecule has 0 bridgehead atoms. The van der Waals surface area contributed by atoms with Crippen LogP contribution in [0.15, 0.2) is 12.1 Å². The summed E-state index contributed by atoms with van der Waals surface area (Å²) in [4.78, 5) is 24.1. The van der Waals surface area contributed by atoms with Gasteiger partial charge in [0, 0.05) is 12.1 Å². The first-order chi connectivity index (χ1) is 11.6. The fourth-order valence-corrected chi connectivity index (χ4v) is 2.65. The van der Waals surface area contributed by atoms with Crippen LogP contribution in [0.3, 0.4) is 0 Å². The highest BCUT2D eigenvalue weighted by Crippen LogP contribution is 2.40. The number of ether oxygens (including phenoxy) is 2. The van der Waals surface area contributed by atoms with E-state index >= 15 is 0 Å². The summed E-state index contributed by atoms with van der Waals surface area (Å²) >= 11 is 0. The third-order valence-electron chi connectivity index (χ3n) is 4.02. The SMILES string of the molecule is CC(C)C(CO)NC(=O)COc1cc(O)c2c(c1)OC(C)(C)CC2=O. The van der Waals surface area contributed by atoms with Gasteiger partial charge in [-0.15, -0.1) is 0 Å². The van der Waals surface area contributed by atoms with E-state index in [2.05, 4.69) is 5.32 Å². The lowest BCUT2D eigenvalue weighted by molar-refractivity contribution is -0.124. The van der Waals surface area contributed by atoms with Crippen LogP contribution in [-0.4, -0.2) is 46.8 Å². The van der Waals surface area contributed by atoms with E-state index in [1.54, 1.807) is 13.8 Å². The molecule has 1 amide bonds. The summed E-state index contributed by atoms with van der Waals surface area (Å²) in [5.41, 5.74) is -0.533. The van der Waals surface area contributed by atoms with E-state index in [0.717, 1.165) is 0 Å². The van der Waals surface area contributed by atoms with Crippen molar-refractivity contribution in [1.29, 1.82) is 0 Å². The number of carbonyl (C=O) groups excluding carboxylic acids is 2. The molecule has 0 fully saturated rings. The van der Waals surface area contributed by atoms with Gasteiger partial charge in [0.25, 0.3) is 5.91 Å². The van der Waals surface area contributed by atoms with Gasteiger partial charge in [-0.1, -0.05) is 13.8 Å². The molecule has 25 heavy (non-hydrogen) atoms. The highest BCUT2D eigenvalue weighted by atomic mass is 16.5. The van der Waals surface area contributed by atoms with Gasteiger partial charge in [-0.3, -0.25) is 9.59 Å². The third-order valence-corrected chi connectivity index (χ3v) is 4.02. The molecule has 1 heterocycles. The standard InChI is InChI=1S/C18H25NO6/c1-10(2)12(8-20)19-16(23)9-24-11-5-13(21)17-14(22)7-18(3,4)25-15(17)6-11/h5-6,10,12,20-21H,7-9H2,1-4H3,(H,19,23). The number of ketones is 1. The lowest BCUT2D eigenvalue weighted by atomic mass is 9.92. The molecule has 1 aromatic rings. The maximum Gasteiger partial charge on any atom is 0.258 e. The fraction of sp³-hybridized carbons (Fsp3) is 0.556. The second-order valence-electron chi connectivity index (χ2n) is 7.17. The highest BCUT2D eigenvalue weighted by molar-refractivity contribution is 6.03. The van der Waals surface area contributed by atoms with Crippen LogP contribution in [-0.2, 0) is 4.79 Å². The van der Waals surface area contributed by atoms with Gasteiger partial charge >= 0.3 is 0 Å². The topological polar surface area (TPSA) is 105 Å².